The van der Waals surface area contributed by atoms with Crippen molar-refractivity contribution in [3.8, 4) is 5.75 Å². The van der Waals surface area contributed by atoms with Crippen molar-refractivity contribution >= 4 is 23.5 Å². The fourth-order valence-electron chi connectivity index (χ4n) is 1.58. The Balaban J connectivity index is 2.84. The molecular weight excluding hydrogens is 268 g/mol. The number of hydrogen-bond donors (Lipinski definition) is 3. The normalized spacial score (nSPS) is 14.5. The van der Waals surface area contributed by atoms with E-state index in [0.29, 0.717) is 11.5 Å². The van der Waals surface area contributed by atoms with Gasteiger partial charge in [0.1, 0.15) is 5.75 Å². The van der Waals surface area contributed by atoms with E-state index >= 15 is 0 Å². The van der Waals surface area contributed by atoms with Crippen LogP contribution in [0.1, 0.15) is 30.5 Å². The lowest BCUT2D eigenvalue weighted by molar-refractivity contribution is 0.283. The Labute approximate surface area is 117 Å². The summed E-state index contributed by atoms with van der Waals surface area (Å²) in [5.41, 5.74) is 1.86. The Morgan fingerprint density at radius 2 is 1.39 bits per heavy atom. The highest BCUT2D eigenvalue weighted by Gasteiger charge is 2.11. The van der Waals surface area contributed by atoms with Gasteiger partial charge < -0.3 is 15.3 Å². The van der Waals surface area contributed by atoms with Crippen LogP contribution in [0, 0.1) is 6.92 Å². The van der Waals surface area contributed by atoms with E-state index in [0.717, 1.165) is 16.7 Å². The van der Waals surface area contributed by atoms with Gasteiger partial charge in [0.05, 0.1) is 10.9 Å². The Morgan fingerprint density at radius 3 is 1.72 bits per heavy atom. The first-order chi connectivity index (χ1) is 8.40. The van der Waals surface area contributed by atoms with E-state index < -0.39 is 10.9 Å². The van der Waals surface area contributed by atoms with Gasteiger partial charge in [-0.2, -0.15) is 0 Å². The molecule has 0 heterocycles. The van der Waals surface area contributed by atoms with Crippen molar-refractivity contribution in [1.29, 1.82) is 0 Å². The molecule has 0 amide bonds. The molecule has 0 aromatic heterocycles. The Hall–Kier alpha value is -0.360. The number of aryl methyl sites for hydroxylation is 1. The zero-order valence-electron chi connectivity index (χ0n) is 10.9. The molecule has 0 saturated heterocycles. The first-order valence-electron chi connectivity index (χ1n) is 5.81. The quantitative estimate of drug-likeness (QED) is 0.703. The largest absolute Gasteiger partial charge is 0.507 e. The summed E-state index contributed by atoms with van der Waals surface area (Å²) in [5, 5.41) is 28.7. The first kappa shape index (κ1) is 15.7. The lowest BCUT2D eigenvalue weighted by atomic mass is 10.1. The van der Waals surface area contributed by atoms with Crippen molar-refractivity contribution < 1.29 is 15.3 Å². The SMILES string of the molecule is Cc1cc(CSC(C)O)c(O)c(CSC(C)O)c1. The van der Waals surface area contributed by atoms with Gasteiger partial charge in [-0.3, -0.25) is 0 Å². The third-order valence-electron chi connectivity index (χ3n) is 2.37. The van der Waals surface area contributed by atoms with Gasteiger partial charge in [-0.05, 0) is 20.8 Å². The van der Waals surface area contributed by atoms with Crippen LogP contribution in [-0.4, -0.2) is 26.2 Å². The number of benzene rings is 1. The summed E-state index contributed by atoms with van der Waals surface area (Å²) in [7, 11) is 0. The van der Waals surface area contributed by atoms with E-state index in [1.54, 1.807) is 13.8 Å². The van der Waals surface area contributed by atoms with Gasteiger partial charge in [0, 0.05) is 22.6 Å². The highest BCUT2D eigenvalue weighted by atomic mass is 32.2. The predicted molar refractivity (Wildman–Crippen MR) is 78.8 cm³/mol. The lowest BCUT2D eigenvalue weighted by Gasteiger charge is -2.13. The van der Waals surface area contributed by atoms with E-state index in [-0.39, 0.29) is 5.75 Å². The Bertz CT molecular complexity index is 359. The second-order valence-corrected chi connectivity index (χ2v) is 6.86. The number of phenols is 1. The molecule has 2 atom stereocenters. The van der Waals surface area contributed by atoms with Crippen LogP contribution in [0.15, 0.2) is 12.1 Å². The smallest absolute Gasteiger partial charge is 0.123 e. The third-order valence-corrected chi connectivity index (χ3v) is 4.29. The number of aliphatic hydroxyl groups excluding tert-OH is 2. The highest BCUT2D eigenvalue weighted by Crippen LogP contribution is 2.31. The zero-order chi connectivity index (χ0) is 13.7. The van der Waals surface area contributed by atoms with Crippen molar-refractivity contribution in [2.24, 2.45) is 0 Å². The van der Waals surface area contributed by atoms with Crippen LogP contribution in [-0.2, 0) is 11.5 Å². The molecular formula is C13H20O3S2. The van der Waals surface area contributed by atoms with Gasteiger partial charge in [0.15, 0.2) is 0 Å². The van der Waals surface area contributed by atoms with E-state index in [4.69, 9.17) is 0 Å². The van der Waals surface area contributed by atoms with E-state index in [2.05, 4.69) is 0 Å². The molecule has 0 aliphatic rings. The molecule has 0 fully saturated rings. The molecule has 1 aromatic carbocycles. The number of hydrogen-bond acceptors (Lipinski definition) is 5. The lowest BCUT2D eigenvalue weighted by Crippen LogP contribution is -1.97. The van der Waals surface area contributed by atoms with E-state index in [1.165, 1.54) is 23.5 Å². The molecule has 2 unspecified atom stereocenters. The summed E-state index contributed by atoms with van der Waals surface area (Å²) in [6.07, 6.45) is 0. The van der Waals surface area contributed by atoms with Gasteiger partial charge >= 0.3 is 0 Å². The third kappa shape index (κ3) is 5.10. The minimum atomic E-state index is -0.444. The average molecular weight is 288 g/mol. The van der Waals surface area contributed by atoms with Crippen LogP contribution >= 0.6 is 23.5 Å². The maximum Gasteiger partial charge on any atom is 0.123 e. The molecule has 3 N–H and O–H groups in total. The van der Waals surface area contributed by atoms with Crippen molar-refractivity contribution in [3.05, 3.63) is 28.8 Å². The summed E-state index contributed by atoms with van der Waals surface area (Å²) >= 11 is 2.76. The molecule has 18 heavy (non-hydrogen) atoms. The van der Waals surface area contributed by atoms with Gasteiger partial charge in [-0.25, -0.2) is 0 Å². The number of thioether (sulfide) groups is 2. The molecule has 0 aliphatic heterocycles. The van der Waals surface area contributed by atoms with E-state index in [9.17, 15) is 15.3 Å². The van der Waals surface area contributed by atoms with Crippen molar-refractivity contribution in [2.45, 2.75) is 43.1 Å². The maximum atomic E-state index is 10.1. The molecule has 5 heteroatoms. The van der Waals surface area contributed by atoms with Crippen LogP contribution in [0.4, 0.5) is 0 Å². The molecule has 0 spiro atoms. The number of aliphatic hydroxyl groups is 2. The minimum absolute atomic E-state index is 0.280. The van der Waals surface area contributed by atoms with Crippen LogP contribution in [0.3, 0.4) is 0 Å². The monoisotopic (exact) mass is 288 g/mol. The summed E-state index contributed by atoms with van der Waals surface area (Å²) in [5.74, 6) is 1.44. The van der Waals surface area contributed by atoms with Gasteiger partial charge in [-0.1, -0.05) is 17.7 Å². The Kier molecular flexibility index (Phi) is 6.35. The standard InChI is InChI=1S/C13H20O3S2/c1-8-4-11(6-17-9(2)14)13(16)12(5-8)7-18-10(3)15/h4-5,9-10,14-16H,6-7H2,1-3H3. The molecule has 0 saturated carbocycles. The van der Waals surface area contributed by atoms with Gasteiger partial charge in [-0.15, -0.1) is 23.5 Å². The van der Waals surface area contributed by atoms with Crippen LogP contribution in [0.2, 0.25) is 0 Å². The minimum Gasteiger partial charge on any atom is -0.507 e. The van der Waals surface area contributed by atoms with Gasteiger partial charge in [0.2, 0.25) is 0 Å². The molecule has 0 bridgehead atoms. The first-order valence-corrected chi connectivity index (χ1v) is 7.90. The Morgan fingerprint density at radius 1 is 1.00 bits per heavy atom. The second kappa shape index (κ2) is 7.28. The molecule has 102 valence electrons. The number of phenolic OH excluding ortho intramolecular Hbond substituents is 1. The fourth-order valence-corrected chi connectivity index (χ4v) is 2.86. The second-order valence-electron chi connectivity index (χ2n) is 4.25. The van der Waals surface area contributed by atoms with E-state index in [1.807, 2.05) is 19.1 Å². The van der Waals surface area contributed by atoms with Crippen LogP contribution in [0.5, 0.6) is 5.75 Å². The maximum absolute atomic E-state index is 10.1. The fraction of sp³-hybridized carbons (Fsp3) is 0.538. The molecule has 1 aromatic rings. The van der Waals surface area contributed by atoms with Gasteiger partial charge in [0.25, 0.3) is 0 Å². The number of aromatic hydroxyl groups is 1. The zero-order valence-corrected chi connectivity index (χ0v) is 12.5. The summed E-state index contributed by atoms with van der Waals surface area (Å²) in [6, 6.07) is 3.86. The average Bonchev–Trinajstić information content (AvgIpc) is 2.27. The summed E-state index contributed by atoms with van der Waals surface area (Å²) in [6.45, 7) is 5.40. The topological polar surface area (TPSA) is 60.7 Å². The number of rotatable bonds is 6. The van der Waals surface area contributed by atoms with Crippen LogP contribution < -0.4 is 0 Å². The summed E-state index contributed by atoms with van der Waals surface area (Å²) in [4.78, 5) is 0. The molecule has 0 radical (unpaired) electrons. The summed E-state index contributed by atoms with van der Waals surface area (Å²) < 4.78 is 0. The molecule has 1 rings (SSSR count). The predicted octanol–water partition coefficient (Wildman–Crippen LogP) is 2.84. The van der Waals surface area contributed by atoms with Crippen molar-refractivity contribution in [2.75, 3.05) is 0 Å². The highest BCUT2D eigenvalue weighted by molar-refractivity contribution is 7.99. The van der Waals surface area contributed by atoms with Crippen molar-refractivity contribution in [3.63, 3.8) is 0 Å². The van der Waals surface area contributed by atoms with Crippen LogP contribution in [0.25, 0.3) is 0 Å². The molecule has 0 aliphatic carbocycles. The molecule has 3 nitrogen and oxygen atoms in total. The van der Waals surface area contributed by atoms with Crippen molar-refractivity contribution in [1.82, 2.24) is 0 Å².